The van der Waals surface area contributed by atoms with Gasteiger partial charge in [-0.05, 0) is 19.4 Å². The van der Waals surface area contributed by atoms with Crippen molar-refractivity contribution in [3.05, 3.63) is 35.4 Å². The molecule has 0 aliphatic carbocycles. The minimum absolute atomic E-state index is 0.105. The van der Waals surface area contributed by atoms with Crippen LogP contribution in [0.4, 0.5) is 8.78 Å². The fraction of sp³-hybridized carbons (Fsp3) is 0.417. The van der Waals surface area contributed by atoms with Gasteiger partial charge in [0.05, 0.1) is 6.61 Å². The molecule has 1 aromatic carbocycles. The average Bonchev–Trinajstić information content (AvgIpc) is 2.21. The zero-order valence-electron chi connectivity index (χ0n) is 9.24. The van der Waals surface area contributed by atoms with Gasteiger partial charge in [0.15, 0.2) is 0 Å². The summed E-state index contributed by atoms with van der Waals surface area (Å²) in [5.41, 5.74) is 1.25. The first kappa shape index (κ1) is 12.6. The van der Waals surface area contributed by atoms with E-state index in [0.717, 1.165) is 5.56 Å². The zero-order valence-corrected chi connectivity index (χ0v) is 9.24. The van der Waals surface area contributed by atoms with E-state index in [1.54, 1.807) is 19.1 Å². The second-order valence-electron chi connectivity index (χ2n) is 3.47. The lowest BCUT2D eigenvalue weighted by molar-refractivity contribution is -0.148. The van der Waals surface area contributed by atoms with E-state index in [2.05, 4.69) is 4.74 Å². The molecule has 1 atom stereocenters. The largest absolute Gasteiger partial charge is 0.465 e. The van der Waals surface area contributed by atoms with Crippen LogP contribution in [-0.2, 0) is 9.53 Å². The Labute approximate surface area is 93.2 Å². The first-order valence-electron chi connectivity index (χ1n) is 5.07. The average molecular weight is 228 g/mol. The van der Waals surface area contributed by atoms with Crippen molar-refractivity contribution in [1.29, 1.82) is 0 Å². The van der Waals surface area contributed by atoms with Crippen molar-refractivity contribution in [2.75, 3.05) is 6.61 Å². The first-order chi connectivity index (χ1) is 7.56. The molecule has 1 rings (SSSR count). The molecule has 1 unspecified atom stereocenters. The van der Waals surface area contributed by atoms with E-state index in [4.69, 9.17) is 0 Å². The highest BCUT2D eigenvalue weighted by atomic mass is 19.3. The molecule has 88 valence electrons. The molecular formula is C12H14F2O2. The maximum atomic E-state index is 12.8. The van der Waals surface area contributed by atoms with Crippen molar-refractivity contribution in [2.45, 2.75) is 26.2 Å². The second kappa shape index (κ2) is 5.58. The van der Waals surface area contributed by atoms with Crippen LogP contribution in [0.3, 0.4) is 0 Å². The Morgan fingerprint density at radius 1 is 1.31 bits per heavy atom. The molecule has 1 aromatic rings. The topological polar surface area (TPSA) is 26.3 Å². The van der Waals surface area contributed by atoms with Crippen LogP contribution >= 0.6 is 0 Å². The monoisotopic (exact) mass is 228 g/mol. The SMILES string of the molecule is CCOC(=O)C(c1ccc(C)cc1)C(F)F. The highest BCUT2D eigenvalue weighted by Gasteiger charge is 2.31. The molecule has 4 heteroatoms. The lowest BCUT2D eigenvalue weighted by atomic mass is 9.99. The summed E-state index contributed by atoms with van der Waals surface area (Å²) in [6.07, 6.45) is -2.75. The van der Waals surface area contributed by atoms with Crippen molar-refractivity contribution in [2.24, 2.45) is 0 Å². The van der Waals surface area contributed by atoms with E-state index >= 15 is 0 Å². The number of ether oxygens (including phenoxy) is 1. The number of benzene rings is 1. The van der Waals surface area contributed by atoms with Gasteiger partial charge >= 0.3 is 5.97 Å². The summed E-state index contributed by atoms with van der Waals surface area (Å²) in [5.74, 6) is -2.36. The number of hydrogen-bond acceptors (Lipinski definition) is 2. The summed E-state index contributed by atoms with van der Waals surface area (Å²) in [6.45, 7) is 3.55. The number of halogens is 2. The number of esters is 1. The van der Waals surface area contributed by atoms with E-state index in [1.165, 1.54) is 12.1 Å². The summed E-state index contributed by atoms with van der Waals surface area (Å²) in [4.78, 5) is 11.4. The Balaban J connectivity index is 2.93. The van der Waals surface area contributed by atoms with Crippen LogP contribution in [0.1, 0.15) is 24.0 Å². The normalized spacial score (nSPS) is 12.6. The van der Waals surface area contributed by atoms with Gasteiger partial charge in [-0.2, -0.15) is 0 Å². The molecular weight excluding hydrogens is 214 g/mol. The number of aryl methyl sites for hydroxylation is 1. The summed E-state index contributed by atoms with van der Waals surface area (Å²) in [5, 5.41) is 0. The van der Waals surface area contributed by atoms with Crippen molar-refractivity contribution >= 4 is 5.97 Å². The summed E-state index contributed by atoms with van der Waals surface area (Å²) in [6, 6.07) is 6.46. The van der Waals surface area contributed by atoms with Crippen LogP contribution in [0, 0.1) is 6.92 Å². The van der Waals surface area contributed by atoms with Crippen LogP contribution in [0.5, 0.6) is 0 Å². The molecule has 16 heavy (non-hydrogen) atoms. The van der Waals surface area contributed by atoms with E-state index in [9.17, 15) is 13.6 Å². The van der Waals surface area contributed by atoms with Gasteiger partial charge in [0.25, 0.3) is 6.43 Å². The number of rotatable bonds is 4. The van der Waals surface area contributed by atoms with Gasteiger partial charge in [0, 0.05) is 0 Å². The molecule has 0 aliphatic heterocycles. The van der Waals surface area contributed by atoms with Gasteiger partial charge in [-0.15, -0.1) is 0 Å². The third-order valence-corrected chi connectivity index (χ3v) is 2.23. The highest BCUT2D eigenvalue weighted by Crippen LogP contribution is 2.25. The lowest BCUT2D eigenvalue weighted by Gasteiger charge is -2.14. The van der Waals surface area contributed by atoms with E-state index in [-0.39, 0.29) is 6.61 Å². The quantitative estimate of drug-likeness (QED) is 0.741. The third kappa shape index (κ3) is 3.02. The Kier molecular flexibility index (Phi) is 4.40. The maximum absolute atomic E-state index is 12.8. The molecule has 0 bridgehead atoms. The summed E-state index contributed by atoms with van der Waals surface area (Å²) >= 11 is 0. The van der Waals surface area contributed by atoms with Crippen LogP contribution in [0.15, 0.2) is 24.3 Å². The van der Waals surface area contributed by atoms with Crippen molar-refractivity contribution < 1.29 is 18.3 Å². The minimum Gasteiger partial charge on any atom is -0.465 e. The van der Waals surface area contributed by atoms with Crippen molar-refractivity contribution in [3.63, 3.8) is 0 Å². The number of carbonyl (C=O) groups is 1. The van der Waals surface area contributed by atoms with Crippen LogP contribution in [0.25, 0.3) is 0 Å². The van der Waals surface area contributed by atoms with Crippen molar-refractivity contribution in [1.82, 2.24) is 0 Å². The molecule has 0 aliphatic rings. The molecule has 0 spiro atoms. The predicted octanol–water partition coefficient (Wildman–Crippen LogP) is 2.91. The van der Waals surface area contributed by atoms with Crippen LogP contribution in [-0.4, -0.2) is 19.0 Å². The molecule has 0 radical (unpaired) electrons. The van der Waals surface area contributed by atoms with Crippen LogP contribution in [0.2, 0.25) is 0 Å². The minimum atomic E-state index is -2.75. The number of carbonyl (C=O) groups excluding carboxylic acids is 1. The second-order valence-corrected chi connectivity index (χ2v) is 3.47. The summed E-state index contributed by atoms with van der Waals surface area (Å²) in [7, 11) is 0. The fourth-order valence-electron chi connectivity index (χ4n) is 1.39. The molecule has 2 nitrogen and oxygen atoms in total. The first-order valence-corrected chi connectivity index (χ1v) is 5.07. The predicted molar refractivity (Wildman–Crippen MR) is 56.6 cm³/mol. The standard InChI is InChI=1S/C12H14F2O2/c1-3-16-12(15)10(11(13)14)9-6-4-8(2)5-7-9/h4-7,10-11H,3H2,1-2H3. The van der Waals surface area contributed by atoms with Gasteiger partial charge in [-0.1, -0.05) is 29.8 Å². The van der Waals surface area contributed by atoms with Gasteiger partial charge in [-0.25, -0.2) is 8.78 Å². The van der Waals surface area contributed by atoms with Gasteiger partial charge in [0.2, 0.25) is 0 Å². The highest BCUT2D eigenvalue weighted by molar-refractivity contribution is 5.78. The molecule has 0 aromatic heterocycles. The molecule has 0 fully saturated rings. The van der Waals surface area contributed by atoms with E-state index in [0.29, 0.717) is 5.56 Å². The molecule has 0 saturated carbocycles. The number of hydrogen-bond donors (Lipinski definition) is 0. The third-order valence-electron chi connectivity index (χ3n) is 2.23. The Morgan fingerprint density at radius 3 is 2.31 bits per heavy atom. The smallest absolute Gasteiger partial charge is 0.319 e. The number of alkyl halides is 2. The van der Waals surface area contributed by atoms with Crippen molar-refractivity contribution in [3.8, 4) is 0 Å². The zero-order chi connectivity index (χ0) is 12.1. The molecule has 0 N–H and O–H groups in total. The van der Waals surface area contributed by atoms with Gasteiger partial charge in [-0.3, -0.25) is 4.79 Å². The fourth-order valence-corrected chi connectivity index (χ4v) is 1.39. The summed E-state index contributed by atoms with van der Waals surface area (Å²) < 4.78 is 30.1. The maximum Gasteiger partial charge on any atom is 0.319 e. The molecule has 0 saturated heterocycles. The molecule has 0 amide bonds. The van der Waals surface area contributed by atoms with E-state index < -0.39 is 18.3 Å². The van der Waals surface area contributed by atoms with Crippen LogP contribution < -0.4 is 0 Å². The molecule has 0 heterocycles. The lowest BCUT2D eigenvalue weighted by Crippen LogP contribution is -2.22. The Bertz CT molecular complexity index is 347. The van der Waals surface area contributed by atoms with Gasteiger partial charge in [0.1, 0.15) is 5.92 Å². The van der Waals surface area contributed by atoms with E-state index in [1.807, 2.05) is 6.92 Å². The Morgan fingerprint density at radius 2 is 1.88 bits per heavy atom. The Hall–Kier alpha value is -1.45. The van der Waals surface area contributed by atoms with Gasteiger partial charge < -0.3 is 4.74 Å².